The van der Waals surface area contributed by atoms with Crippen molar-refractivity contribution in [3.05, 3.63) is 60.2 Å². The summed E-state index contributed by atoms with van der Waals surface area (Å²) in [6.45, 7) is 2.22. The number of hydrogen-bond acceptors (Lipinski definition) is 3. The van der Waals surface area contributed by atoms with E-state index >= 15 is 0 Å². The Kier molecular flexibility index (Phi) is 4.55. The number of halogens is 2. The maximum absolute atomic E-state index is 12.8. The number of H-pyrrole nitrogens is 1. The molecule has 0 aliphatic carbocycles. The first kappa shape index (κ1) is 17.2. The van der Waals surface area contributed by atoms with Crippen molar-refractivity contribution in [2.24, 2.45) is 7.05 Å². The summed E-state index contributed by atoms with van der Waals surface area (Å²) >= 11 is 17.1. The summed E-state index contributed by atoms with van der Waals surface area (Å²) in [5.41, 5.74) is 1.72. The van der Waals surface area contributed by atoms with E-state index in [0.717, 1.165) is 0 Å². The third kappa shape index (κ3) is 2.90. The van der Waals surface area contributed by atoms with Gasteiger partial charge in [-0.3, -0.25) is 14.2 Å². The maximum Gasteiger partial charge on any atom is 0.257 e. The quantitative estimate of drug-likeness (QED) is 0.768. The van der Waals surface area contributed by atoms with Gasteiger partial charge in [-0.1, -0.05) is 23.2 Å². The van der Waals surface area contributed by atoms with E-state index in [-0.39, 0.29) is 17.5 Å². The summed E-state index contributed by atoms with van der Waals surface area (Å²) < 4.78 is 1.76. The summed E-state index contributed by atoms with van der Waals surface area (Å²) in [6, 6.07) is 4.69. The molecule has 2 heterocycles. The summed E-state index contributed by atoms with van der Waals surface area (Å²) in [4.78, 5) is 29.9. The largest absolute Gasteiger partial charge is 0.334 e. The van der Waals surface area contributed by atoms with Gasteiger partial charge in [0.05, 0.1) is 16.6 Å². The summed E-state index contributed by atoms with van der Waals surface area (Å²) in [6.07, 6.45) is 0.473. The predicted molar refractivity (Wildman–Crippen MR) is 96.4 cm³/mol. The number of nitrogens with one attached hydrogen (secondary N) is 1. The van der Waals surface area contributed by atoms with Gasteiger partial charge in [-0.05, 0) is 43.8 Å². The van der Waals surface area contributed by atoms with Crippen LogP contribution in [-0.2, 0) is 20.0 Å². The molecule has 1 N–H and O–H groups in total. The van der Waals surface area contributed by atoms with Gasteiger partial charge in [0.1, 0.15) is 0 Å². The minimum absolute atomic E-state index is 0.109. The van der Waals surface area contributed by atoms with E-state index in [9.17, 15) is 9.59 Å². The van der Waals surface area contributed by atoms with Gasteiger partial charge >= 0.3 is 0 Å². The lowest BCUT2D eigenvalue weighted by molar-refractivity contribution is 0.0653. The van der Waals surface area contributed by atoms with E-state index in [1.54, 1.807) is 30.1 Å². The molecule has 1 aliphatic rings. The van der Waals surface area contributed by atoms with Crippen molar-refractivity contribution >= 4 is 41.3 Å². The predicted octanol–water partition coefficient (Wildman–Crippen LogP) is 3.34. The lowest BCUT2D eigenvalue weighted by Gasteiger charge is -2.34. The van der Waals surface area contributed by atoms with Crippen LogP contribution in [0.4, 0.5) is 0 Å². The molecule has 1 aliphatic heterocycles. The Morgan fingerprint density at radius 3 is 2.71 bits per heavy atom. The van der Waals surface area contributed by atoms with Crippen molar-refractivity contribution < 1.29 is 4.79 Å². The van der Waals surface area contributed by atoms with Crippen LogP contribution in [0.5, 0.6) is 0 Å². The Bertz CT molecular complexity index is 951. The molecule has 0 saturated heterocycles. The van der Waals surface area contributed by atoms with Crippen LogP contribution in [0.2, 0.25) is 10.0 Å². The third-order valence-electron chi connectivity index (χ3n) is 4.28. The molecule has 8 heteroatoms. The molecule has 0 spiro atoms. The van der Waals surface area contributed by atoms with Gasteiger partial charge in [-0.25, -0.2) is 0 Å². The highest BCUT2D eigenvalue weighted by Gasteiger charge is 2.30. The van der Waals surface area contributed by atoms with Crippen LogP contribution in [0.15, 0.2) is 23.0 Å². The number of benzene rings is 1. The molecular formula is C16H15Cl2N3O2S. The van der Waals surface area contributed by atoms with Crippen LogP contribution >= 0.6 is 35.4 Å². The monoisotopic (exact) mass is 383 g/mol. The highest BCUT2D eigenvalue weighted by atomic mass is 35.5. The molecule has 3 rings (SSSR count). The Morgan fingerprint density at radius 1 is 1.33 bits per heavy atom. The fourth-order valence-electron chi connectivity index (χ4n) is 2.86. The Labute approximate surface area is 153 Å². The molecule has 2 aromatic rings. The van der Waals surface area contributed by atoms with Crippen molar-refractivity contribution in [2.75, 3.05) is 0 Å². The van der Waals surface area contributed by atoms with Crippen LogP contribution in [-0.4, -0.2) is 26.4 Å². The molecule has 1 aromatic heterocycles. The third-order valence-corrected chi connectivity index (χ3v) is 5.39. The highest BCUT2D eigenvalue weighted by Crippen LogP contribution is 2.26. The zero-order chi connectivity index (χ0) is 17.6. The molecule has 1 aromatic carbocycles. The van der Waals surface area contributed by atoms with Gasteiger partial charge in [-0.2, -0.15) is 0 Å². The van der Waals surface area contributed by atoms with Gasteiger partial charge in [0.15, 0.2) is 4.77 Å². The smallest absolute Gasteiger partial charge is 0.257 e. The minimum atomic E-state index is -0.160. The molecule has 24 heavy (non-hydrogen) atoms. The first-order valence-corrected chi connectivity index (χ1v) is 8.53. The number of carbonyl (C=O) groups excluding carboxylic acids is 1. The lowest BCUT2D eigenvalue weighted by Crippen LogP contribution is -2.45. The first-order chi connectivity index (χ1) is 11.3. The first-order valence-electron chi connectivity index (χ1n) is 7.36. The Morgan fingerprint density at radius 2 is 2.04 bits per heavy atom. The number of hydrogen-bond donors (Lipinski definition) is 1. The molecule has 126 valence electrons. The SMILES string of the molecule is C[C@@H]1Cc2c([nH]c(=S)n(C)c2=O)CN1C(=O)c1ccc(Cl)c(Cl)c1. The molecule has 1 amide bonds. The van der Waals surface area contributed by atoms with Gasteiger partial charge in [0.25, 0.3) is 11.5 Å². The van der Waals surface area contributed by atoms with Crippen molar-refractivity contribution in [3.63, 3.8) is 0 Å². The van der Waals surface area contributed by atoms with E-state index in [1.807, 2.05) is 6.92 Å². The normalized spacial score (nSPS) is 16.8. The second-order valence-electron chi connectivity index (χ2n) is 5.87. The van der Waals surface area contributed by atoms with Gasteiger partial charge in [-0.15, -0.1) is 0 Å². The zero-order valence-corrected chi connectivity index (χ0v) is 15.4. The fourth-order valence-corrected chi connectivity index (χ4v) is 3.36. The van der Waals surface area contributed by atoms with Gasteiger partial charge in [0.2, 0.25) is 0 Å². The average molecular weight is 384 g/mol. The van der Waals surface area contributed by atoms with Crippen molar-refractivity contribution in [2.45, 2.75) is 25.9 Å². The van der Waals surface area contributed by atoms with Crippen LogP contribution in [0, 0.1) is 4.77 Å². The number of aromatic amines is 1. The van der Waals surface area contributed by atoms with E-state index in [0.29, 0.717) is 44.6 Å². The highest BCUT2D eigenvalue weighted by molar-refractivity contribution is 7.71. The molecule has 0 saturated carbocycles. The Balaban J connectivity index is 1.99. The Hall–Kier alpha value is -1.63. The summed E-state index contributed by atoms with van der Waals surface area (Å²) in [7, 11) is 1.64. The number of aromatic nitrogens is 2. The zero-order valence-electron chi connectivity index (χ0n) is 13.1. The topological polar surface area (TPSA) is 58.1 Å². The van der Waals surface area contributed by atoms with Crippen LogP contribution < -0.4 is 5.56 Å². The maximum atomic E-state index is 12.8. The van der Waals surface area contributed by atoms with Crippen molar-refractivity contribution in [1.82, 2.24) is 14.5 Å². The summed E-state index contributed by atoms with van der Waals surface area (Å²) in [5.74, 6) is -0.160. The van der Waals surface area contributed by atoms with E-state index in [1.165, 1.54) is 4.57 Å². The van der Waals surface area contributed by atoms with Crippen LogP contribution in [0.1, 0.15) is 28.5 Å². The molecule has 0 radical (unpaired) electrons. The van der Waals surface area contributed by atoms with E-state index in [2.05, 4.69) is 4.98 Å². The van der Waals surface area contributed by atoms with E-state index < -0.39 is 0 Å². The number of fused-ring (bicyclic) bond motifs is 1. The summed E-state index contributed by atoms with van der Waals surface area (Å²) in [5, 5.41) is 0.735. The second-order valence-corrected chi connectivity index (χ2v) is 7.07. The standard InChI is InChI=1S/C16H15Cl2N3O2S/c1-8-5-10-13(19-16(24)20(2)15(10)23)7-21(8)14(22)9-3-4-11(17)12(18)6-9/h3-4,6,8H,5,7H2,1-2H3,(H,19,24)/t8-/m1/s1. The molecular weight excluding hydrogens is 369 g/mol. The average Bonchev–Trinajstić information content (AvgIpc) is 2.55. The number of carbonyl (C=O) groups is 1. The molecule has 0 fully saturated rings. The number of rotatable bonds is 1. The minimum Gasteiger partial charge on any atom is -0.334 e. The molecule has 1 atom stereocenters. The number of amides is 1. The number of nitrogens with zero attached hydrogens (tertiary/aromatic N) is 2. The molecule has 0 bridgehead atoms. The lowest BCUT2D eigenvalue weighted by atomic mass is 9.99. The van der Waals surface area contributed by atoms with Gasteiger partial charge < -0.3 is 9.88 Å². The van der Waals surface area contributed by atoms with E-state index in [4.69, 9.17) is 35.4 Å². The molecule has 0 unspecified atom stereocenters. The molecule has 5 nitrogen and oxygen atoms in total. The van der Waals surface area contributed by atoms with Crippen LogP contribution in [0.3, 0.4) is 0 Å². The second kappa shape index (κ2) is 6.35. The van der Waals surface area contributed by atoms with Crippen molar-refractivity contribution in [1.29, 1.82) is 0 Å². The fraction of sp³-hybridized carbons (Fsp3) is 0.312. The van der Waals surface area contributed by atoms with Crippen molar-refractivity contribution in [3.8, 4) is 0 Å². The van der Waals surface area contributed by atoms with Crippen LogP contribution in [0.25, 0.3) is 0 Å². The van der Waals surface area contributed by atoms with Gasteiger partial charge in [0, 0.05) is 29.9 Å².